The Kier molecular flexibility index (Phi) is 6.11. The molecule has 0 unspecified atom stereocenters. The van der Waals surface area contributed by atoms with Crippen molar-refractivity contribution >= 4 is 15.7 Å². The zero-order chi connectivity index (χ0) is 14.3. The van der Waals surface area contributed by atoms with Crippen LogP contribution in [0.15, 0.2) is 18.2 Å². The fourth-order valence-electron chi connectivity index (χ4n) is 1.69. The van der Waals surface area contributed by atoms with Crippen molar-refractivity contribution in [3.8, 4) is 5.75 Å². The second-order valence-electron chi connectivity index (χ2n) is 4.41. The van der Waals surface area contributed by atoms with Gasteiger partial charge in [0.2, 0.25) is 10.0 Å². The Morgan fingerprint density at radius 2 is 2.00 bits per heavy atom. The number of unbranched alkanes of at least 4 members (excludes halogenated alkanes) is 1. The van der Waals surface area contributed by atoms with Crippen LogP contribution >= 0.6 is 0 Å². The van der Waals surface area contributed by atoms with Gasteiger partial charge >= 0.3 is 0 Å². The fourth-order valence-corrected chi connectivity index (χ4v) is 2.94. The van der Waals surface area contributed by atoms with Crippen molar-refractivity contribution in [2.24, 2.45) is 0 Å². The maximum absolute atomic E-state index is 11.9. The smallest absolute Gasteiger partial charge is 0.232 e. The van der Waals surface area contributed by atoms with Crippen LogP contribution in [-0.4, -0.2) is 34.9 Å². The van der Waals surface area contributed by atoms with E-state index >= 15 is 0 Å². The minimum Gasteiger partial charge on any atom is -0.497 e. The van der Waals surface area contributed by atoms with Crippen molar-refractivity contribution in [3.05, 3.63) is 23.8 Å². The van der Waals surface area contributed by atoms with E-state index < -0.39 is 10.0 Å². The predicted octanol–water partition coefficient (Wildman–Crippen LogP) is 1.74. The lowest BCUT2D eigenvalue weighted by atomic mass is 10.2. The van der Waals surface area contributed by atoms with Gasteiger partial charge in [0.05, 0.1) is 18.6 Å². The summed E-state index contributed by atoms with van der Waals surface area (Å²) >= 11 is 0. The van der Waals surface area contributed by atoms with Gasteiger partial charge in [-0.05, 0) is 57.1 Å². The maximum Gasteiger partial charge on any atom is 0.232 e. The van der Waals surface area contributed by atoms with Crippen LogP contribution in [-0.2, 0) is 10.0 Å². The van der Waals surface area contributed by atoms with Crippen LogP contribution in [0.4, 0.5) is 5.69 Å². The van der Waals surface area contributed by atoms with Gasteiger partial charge in [0, 0.05) is 0 Å². The van der Waals surface area contributed by atoms with Gasteiger partial charge in [-0.3, -0.25) is 4.72 Å². The molecule has 0 heterocycles. The largest absolute Gasteiger partial charge is 0.497 e. The molecule has 0 aliphatic rings. The van der Waals surface area contributed by atoms with Crippen molar-refractivity contribution < 1.29 is 13.2 Å². The molecule has 1 aromatic rings. The standard InChI is InChI=1S/C13H22N2O3S/c1-11-10-12(18-3)6-7-13(11)15-19(16,17)9-5-4-8-14-2/h6-7,10,14-15H,4-5,8-9H2,1-3H3. The Hall–Kier alpha value is -1.27. The fraction of sp³-hybridized carbons (Fsp3) is 0.538. The normalized spacial score (nSPS) is 11.3. The summed E-state index contributed by atoms with van der Waals surface area (Å²) < 4.78 is 31.5. The van der Waals surface area contributed by atoms with Crippen molar-refractivity contribution in [1.82, 2.24) is 5.32 Å². The predicted molar refractivity (Wildman–Crippen MR) is 78.3 cm³/mol. The lowest BCUT2D eigenvalue weighted by Crippen LogP contribution is -2.18. The first-order valence-corrected chi connectivity index (χ1v) is 7.93. The van der Waals surface area contributed by atoms with Crippen LogP contribution < -0.4 is 14.8 Å². The van der Waals surface area contributed by atoms with E-state index in [9.17, 15) is 8.42 Å². The molecule has 5 nitrogen and oxygen atoms in total. The average molecular weight is 286 g/mol. The molecule has 0 spiro atoms. The molecule has 0 aromatic heterocycles. The number of methoxy groups -OCH3 is 1. The Balaban J connectivity index is 2.62. The highest BCUT2D eigenvalue weighted by Gasteiger charge is 2.11. The molecule has 1 rings (SSSR count). The summed E-state index contributed by atoms with van der Waals surface area (Å²) in [4.78, 5) is 0. The summed E-state index contributed by atoms with van der Waals surface area (Å²) in [6.45, 7) is 2.68. The van der Waals surface area contributed by atoms with Gasteiger partial charge in [-0.25, -0.2) is 8.42 Å². The summed E-state index contributed by atoms with van der Waals surface area (Å²) in [6, 6.07) is 5.27. The van der Waals surface area contributed by atoms with Crippen LogP contribution in [0.1, 0.15) is 18.4 Å². The molecule has 0 amide bonds. The molecule has 0 atom stereocenters. The Labute approximate surface area is 115 Å². The van der Waals surface area contributed by atoms with E-state index in [2.05, 4.69) is 10.0 Å². The van der Waals surface area contributed by atoms with Gasteiger partial charge in [-0.15, -0.1) is 0 Å². The summed E-state index contributed by atoms with van der Waals surface area (Å²) in [6.07, 6.45) is 1.49. The van der Waals surface area contributed by atoms with Crippen LogP contribution in [0.3, 0.4) is 0 Å². The number of nitrogens with one attached hydrogen (secondary N) is 2. The van der Waals surface area contributed by atoms with E-state index in [1.165, 1.54) is 0 Å². The number of rotatable bonds is 8. The average Bonchev–Trinajstić information content (AvgIpc) is 2.37. The van der Waals surface area contributed by atoms with Gasteiger partial charge in [0.1, 0.15) is 5.75 Å². The minimum absolute atomic E-state index is 0.139. The number of benzene rings is 1. The van der Waals surface area contributed by atoms with Crippen LogP contribution in [0, 0.1) is 6.92 Å². The van der Waals surface area contributed by atoms with Crippen molar-refractivity contribution in [3.63, 3.8) is 0 Å². The molecular weight excluding hydrogens is 264 g/mol. The number of anilines is 1. The highest BCUT2D eigenvalue weighted by atomic mass is 32.2. The number of ether oxygens (including phenoxy) is 1. The van der Waals surface area contributed by atoms with E-state index in [0.717, 1.165) is 24.3 Å². The van der Waals surface area contributed by atoms with Gasteiger partial charge in [-0.2, -0.15) is 0 Å². The van der Waals surface area contributed by atoms with Crippen LogP contribution in [0.2, 0.25) is 0 Å². The third kappa shape index (κ3) is 5.48. The molecular formula is C13H22N2O3S. The molecule has 0 radical (unpaired) electrons. The van der Waals surface area contributed by atoms with Crippen molar-refractivity contribution in [2.75, 3.05) is 31.2 Å². The van der Waals surface area contributed by atoms with E-state index in [0.29, 0.717) is 12.1 Å². The first-order valence-electron chi connectivity index (χ1n) is 6.28. The summed E-state index contributed by atoms with van der Waals surface area (Å²) in [5.41, 5.74) is 1.45. The third-order valence-corrected chi connectivity index (χ3v) is 4.15. The Bertz CT molecular complexity index is 501. The van der Waals surface area contributed by atoms with E-state index in [1.807, 2.05) is 14.0 Å². The lowest BCUT2D eigenvalue weighted by Gasteiger charge is -2.11. The van der Waals surface area contributed by atoms with Gasteiger partial charge in [-0.1, -0.05) is 0 Å². The number of hydrogen-bond donors (Lipinski definition) is 2. The molecule has 2 N–H and O–H groups in total. The van der Waals surface area contributed by atoms with E-state index in [4.69, 9.17) is 4.74 Å². The molecule has 6 heteroatoms. The van der Waals surface area contributed by atoms with Crippen LogP contribution in [0.5, 0.6) is 5.75 Å². The number of hydrogen-bond acceptors (Lipinski definition) is 4. The Morgan fingerprint density at radius 3 is 2.58 bits per heavy atom. The van der Waals surface area contributed by atoms with Crippen molar-refractivity contribution in [2.45, 2.75) is 19.8 Å². The second kappa shape index (κ2) is 7.35. The number of sulfonamides is 1. The monoisotopic (exact) mass is 286 g/mol. The minimum atomic E-state index is -3.28. The van der Waals surface area contributed by atoms with Crippen LogP contribution in [0.25, 0.3) is 0 Å². The summed E-state index contributed by atoms with van der Waals surface area (Å²) in [5.74, 6) is 0.856. The molecule has 1 aromatic carbocycles. The second-order valence-corrected chi connectivity index (χ2v) is 6.25. The molecule has 0 bridgehead atoms. The first kappa shape index (κ1) is 15.8. The third-order valence-electron chi connectivity index (χ3n) is 2.79. The van der Waals surface area contributed by atoms with E-state index in [1.54, 1.807) is 25.3 Å². The topological polar surface area (TPSA) is 67.4 Å². The van der Waals surface area contributed by atoms with Crippen molar-refractivity contribution in [1.29, 1.82) is 0 Å². The SMILES string of the molecule is CNCCCCS(=O)(=O)Nc1ccc(OC)cc1C. The maximum atomic E-state index is 11.9. The highest BCUT2D eigenvalue weighted by Crippen LogP contribution is 2.22. The highest BCUT2D eigenvalue weighted by molar-refractivity contribution is 7.92. The quantitative estimate of drug-likeness (QED) is 0.714. The summed E-state index contributed by atoms with van der Waals surface area (Å²) in [7, 11) is 0.163. The molecule has 0 fully saturated rings. The summed E-state index contributed by atoms with van der Waals surface area (Å²) in [5, 5.41) is 3.00. The van der Waals surface area contributed by atoms with Gasteiger partial charge < -0.3 is 10.1 Å². The van der Waals surface area contributed by atoms with Gasteiger partial charge in [0.15, 0.2) is 0 Å². The molecule has 0 aliphatic carbocycles. The molecule has 108 valence electrons. The van der Waals surface area contributed by atoms with E-state index in [-0.39, 0.29) is 5.75 Å². The number of aryl methyl sites for hydroxylation is 1. The zero-order valence-electron chi connectivity index (χ0n) is 11.7. The molecule has 0 saturated heterocycles. The first-order chi connectivity index (χ1) is 8.98. The molecule has 19 heavy (non-hydrogen) atoms. The zero-order valence-corrected chi connectivity index (χ0v) is 12.5. The lowest BCUT2D eigenvalue weighted by molar-refractivity contribution is 0.414. The molecule has 0 saturated carbocycles. The Morgan fingerprint density at radius 1 is 1.26 bits per heavy atom. The molecule has 0 aliphatic heterocycles. The van der Waals surface area contributed by atoms with Gasteiger partial charge in [0.25, 0.3) is 0 Å².